The molecule has 2 amide bonds. The van der Waals surface area contributed by atoms with E-state index in [4.69, 9.17) is 9.72 Å². The predicted octanol–water partition coefficient (Wildman–Crippen LogP) is 4.31. The van der Waals surface area contributed by atoms with Gasteiger partial charge in [-0.15, -0.1) is 0 Å². The normalized spacial score (nSPS) is 10.6. The van der Waals surface area contributed by atoms with E-state index in [1.54, 1.807) is 24.3 Å². The van der Waals surface area contributed by atoms with Crippen LogP contribution in [0.4, 0.5) is 10.5 Å². The third kappa shape index (κ3) is 4.40. The summed E-state index contributed by atoms with van der Waals surface area (Å²) >= 11 is 0. The van der Waals surface area contributed by atoms with E-state index in [0.717, 1.165) is 22.4 Å². The lowest BCUT2D eigenvalue weighted by molar-refractivity contribution is 0.0602. The van der Waals surface area contributed by atoms with Gasteiger partial charge in [-0.1, -0.05) is 54.6 Å². The Bertz CT molecular complexity index is 1220. The smallest absolute Gasteiger partial charge is 0.339 e. The van der Waals surface area contributed by atoms with E-state index < -0.39 is 12.0 Å². The molecule has 0 aliphatic heterocycles. The number of urea groups is 1. The number of carbonyl (C=O) groups excluding carboxylic acids is 2. The van der Waals surface area contributed by atoms with E-state index in [1.165, 1.54) is 7.11 Å². The van der Waals surface area contributed by atoms with Crippen molar-refractivity contribution in [2.24, 2.45) is 0 Å². The highest BCUT2D eigenvalue weighted by Crippen LogP contribution is 2.24. The second-order valence-corrected chi connectivity index (χ2v) is 6.86. The fourth-order valence-corrected chi connectivity index (χ4v) is 3.44. The number of anilines is 1. The Morgan fingerprint density at radius 3 is 2.45 bits per heavy atom. The molecule has 1 aromatic heterocycles. The quantitative estimate of drug-likeness (QED) is 0.461. The average molecular weight is 414 g/mol. The maximum absolute atomic E-state index is 12.4. The molecule has 0 atom stereocenters. The lowest BCUT2D eigenvalue weighted by Gasteiger charge is -2.12. The van der Waals surface area contributed by atoms with Crippen molar-refractivity contribution in [3.63, 3.8) is 0 Å². The minimum atomic E-state index is -0.506. The number of nitrogens with one attached hydrogen (secondary N) is 2. The number of carbonyl (C=O) groups is 2. The van der Waals surface area contributed by atoms with Crippen molar-refractivity contribution >= 4 is 28.7 Å². The summed E-state index contributed by atoms with van der Waals surface area (Å²) < 4.78 is 6.85. The maximum atomic E-state index is 12.4. The molecule has 4 rings (SSSR count). The molecule has 0 spiro atoms. The highest BCUT2D eigenvalue weighted by molar-refractivity contribution is 6.00. The number of fused-ring (bicyclic) bond motifs is 1. The van der Waals surface area contributed by atoms with Crippen LogP contribution in [0.15, 0.2) is 78.9 Å². The van der Waals surface area contributed by atoms with Gasteiger partial charge in [0.25, 0.3) is 0 Å². The summed E-state index contributed by atoms with van der Waals surface area (Å²) in [5.74, 6) is 0.341. The number of methoxy groups -OCH3 is 1. The third-order valence-corrected chi connectivity index (χ3v) is 4.89. The molecule has 0 aliphatic carbocycles. The summed E-state index contributed by atoms with van der Waals surface area (Å²) in [5, 5.41) is 5.56. The van der Waals surface area contributed by atoms with E-state index in [2.05, 4.69) is 15.2 Å². The molecule has 31 heavy (non-hydrogen) atoms. The fraction of sp³-hybridized carbons (Fsp3) is 0.125. The number of benzene rings is 3. The van der Waals surface area contributed by atoms with E-state index >= 15 is 0 Å². The lowest BCUT2D eigenvalue weighted by atomic mass is 10.2. The molecule has 2 N–H and O–H groups in total. The van der Waals surface area contributed by atoms with Crippen LogP contribution in [0.25, 0.3) is 22.4 Å². The summed E-state index contributed by atoms with van der Waals surface area (Å²) in [4.78, 5) is 29.1. The summed E-state index contributed by atoms with van der Waals surface area (Å²) in [5.41, 5.74) is 3.60. The van der Waals surface area contributed by atoms with E-state index in [1.807, 2.05) is 54.6 Å². The van der Waals surface area contributed by atoms with Crippen LogP contribution in [0.1, 0.15) is 10.4 Å². The van der Waals surface area contributed by atoms with Gasteiger partial charge in [-0.2, -0.15) is 0 Å². The number of hydrogen-bond donors (Lipinski definition) is 2. The van der Waals surface area contributed by atoms with Crippen LogP contribution in [0, 0.1) is 0 Å². The Kier molecular flexibility index (Phi) is 5.93. The molecule has 0 aliphatic rings. The molecule has 0 fully saturated rings. The van der Waals surface area contributed by atoms with Crippen molar-refractivity contribution in [1.82, 2.24) is 14.9 Å². The fourth-order valence-electron chi connectivity index (χ4n) is 3.44. The Labute approximate surface area is 179 Å². The molecule has 0 bridgehead atoms. The molecule has 156 valence electrons. The number of ether oxygens (including phenoxy) is 1. The van der Waals surface area contributed by atoms with Crippen molar-refractivity contribution in [2.45, 2.75) is 6.54 Å². The highest BCUT2D eigenvalue weighted by atomic mass is 16.5. The second kappa shape index (κ2) is 9.13. The highest BCUT2D eigenvalue weighted by Gasteiger charge is 2.14. The van der Waals surface area contributed by atoms with E-state index in [9.17, 15) is 9.59 Å². The molecule has 3 aromatic carbocycles. The number of hydrogen-bond acceptors (Lipinski definition) is 4. The predicted molar refractivity (Wildman–Crippen MR) is 120 cm³/mol. The number of amides is 2. The average Bonchev–Trinajstić information content (AvgIpc) is 3.18. The Morgan fingerprint density at radius 1 is 0.935 bits per heavy atom. The van der Waals surface area contributed by atoms with Gasteiger partial charge in [0, 0.05) is 18.7 Å². The SMILES string of the molecule is COC(=O)c1ccccc1NC(=O)NCCn1c(-c2ccccc2)nc2ccccc21. The number of aromatic nitrogens is 2. The zero-order valence-corrected chi connectivity index (χ0v) is 17.0. The number of esters is 1. The third-order valence-electron chi connectivity index (χ3n) is 4.89. The van der Waals surface area contributed by atoms with Crippen molar-refractivity contribution < 1.29 is 14.3 Å². The molecule has 7 nitrogen and oxygen atoms in total. The molecular weight excluding hydrogens is 392 g/mol. The summed E-state index contributed by atoms with van der Waals surface area (Å²) in [7, 11) is 1.30. The second-order valence-electron chi connectivity index (χ2n) is 6.86. The van der Waals surface area contributed by atoms with Crippen molar-refractivity contribution in [3.05, 3.63) is 84.4 Å². The monoisotopic (exact) mass is 414 g/mol. The van der Waals surface area contributed by atoms with Crippen molar-refractivity contribution in [2.75, 3.05) is 19.0 Å². The molecule has 0 radical (unpaired) electrons. The van der Waals surface area contributed by atoms with Gasteiger partial charge in [0.1, 0.15) is 5.82 Å². The number of imidazole rings is 1. The molecule has 0 saturated heterocycles. The lowest BCUT2D eigenvalue weighted by Crippen LogP contribution is -2.32. The van der Waals surface area contributed by atoms with Crippen LogP contribution >= 0.6 is 0 Å². The van der Waals surface area contributed by atoms with Crippen LogP contribution in [0.2, 0.25) is 0 Å². The molecule has 1 heterocycles. The van der Waals surface area contributed by atoms with E-state index in [-0.39, 0.29) is 0 Å². The van der Waals surface area contributed by atoms with Gasteiger partial charge in [0.15, 0.2) is 0 Å². The van der Waals surface area contributed by atoms with Crippen LogP contribution in [0.3, 0.4) is 0 Å². The van der Waals surface area contributed by atoms with Gasteiger partial charge < -0.3 is 19.9 Å². The van der Waals surface area contributed by atoms with Gasteiger partial charge in [0.05, 0.1) is 29.4 Å². The number of para-hydroxylation sites is 3. The Hall–Kier alpha value is -4.13. The van der Waals surface area contributed by atoms with Gasteiger partial charge in [0.2, 0.25) is 0 Å². The van der Waals surface area contributed by atoms with Crippen molar-refractivity contribution in [3.8, 4) is 11.4 Å². The summed E-state index contributed by atoms with van der Waals surface area (Å²) in [6.07, 6.45) is 0. The van der Waals surface area contributed by atoms with Crippen LogP contribution in [-0.2, 0) is 11.3 Å². The first-order valence-corrected chi connectivity index (χ1v) is 9.90. The summed E-state index contributed by atoms with van der Waals surface area (Å²) in [6.45, 7) is 0.920. The summed E-state index contributed by atoms with van der Waals surface area (Å²) in [6, 6.07) is 24.2. The Morgan fingerprint density at radius 2 is 1.65 bits per heavy atom. The van der Waals surface area contributed by atoms with Crippen LogP contribution in [-0.4, -0.2) is 35.2 Å². The number of rotatable bonds is 6. The zero-order chi connectivity index (χ0) is 21.6. The van der Waals surface area contributed by atoms with Crippen LogP contribution in [0.5, 0.6) is 0 Å². The van der Waals surface area contributed by atoms with Gasteiger partial charge in [-0.25, -0.2) is 14.6 Å². The van der Waals surface area contributed by atoms with Crippen LogP contribution < -0.4 is 10.6 Å². The molecule has 7 heteroatoms. The minimum absolute atomic E-state index is 0.298. The molecular formula is C24H22N4O3. The largest absolute Gasteiger partial charge is 0.465 e. The maximum Gasteiger partial charge on any atom is 0.339 e. The topological polar surface area (TPSA) is 85.2 Å². The first-order chi connectivity index (χ1) is 15.2. The molecule has 0 unspecified atom stereocenters. The molecule has 0 saturated carbocycles. The standard InChI is InChI=1S/C24H22N4O3/c1-31-23(29)18-11-5-6-12-19(18)27-24(30)25-15-16-28-21-14-8-7-13-20(21)26-22(28)17-9-3-2-4-10-17/h2-14H,15-16H2,1H3,(H2,25,27,30). The van der Waals surface area contributed by atoms with Crippen molar-refractivity contribution in [1.29, 1.82) is 0 Å². The molecule has 4 aromatic rings. The minimum Gasteiger partial charge on any atom is -0.465 e. The first kappa shape index (κ1) is 20.2. The van der Waals surface area contributed by atoms with Gasteiger partial charge >= 0.3 is 12.0 Å². The first-order valence-electron chi connectivity index (χ1n) is 9.90. The van der Waals surface area contributed by atoms with Gasteiger partial charge in [-0.05, 0) is 24.3 Å². The van der Waals surface area contributed by atoms with E-state index in [0.29, 0.717) is 24.3 Å². The zero-order valence-electron chi connectivity index (χ0n) is 17.0. The Balaban J connectivity index is 1.48. The van der Waals surface area contributed by atoms with Gasteiger partial charge in [-0.3, -0.25) is 0 Å². The number of nitrogens with zero attached hydrogens (tertiary/aromatic N) is 2.